The quantitative estimate of drug-likeness (QED) is 0.878. The molecule has 1 heterocycles. The van der Waals surface area contributed by atoms with Crippen LogP contribution in [-0.2, 0) is 11.8 Å². The van der Waals surface area contributed by atoms with Gasteiger partial charge >= 0.3 is 0 Å². The highest BCUT2D eigenvalue weighted by Crippen LogP contribution is 2.19. The van der Waals surface area contributed by atoms with Crippen LogP contribution in [0.15, 0.2) is 30.6 Å². The van der Waals surface area contributed by atoms with E-state index < -0.39 is 0 Å². The van der Waals surface area contributed by atoms with Crippen LogP contribution in [0.25, 0.3) is 11.4 Å². The molecule has 21 heavy (non-hydrogen) atoms. The topological polar surface area (TPSA) is 85.8 Å². The van der Waals surface area contributed by atoms with Gasteiger partial charge in [-0.1, -0.05) is 13.8 Å². The van der Waals surface area contributed by atoms with Gasteiger partial charge in [-0.3, -0.25) is 4.79 Å². The van der Waals surface area contributed by atoms with E-state index in [0.717, 1.165) is 17.1 Å². The third-order valence-corrected chi connectivity index (χ3v) is 3.42. The highest BCUT2D eigenvalue weighted by molar-refractivity contribution is 5.91. The summed E-state index contributed by atoms with van der Waals surface area (Å²) in [5.74, 6) is 1.01. The number of anilines is 1. The second kappa shape index (κ2) is 6.49. The molecule has 0 saturated carbocycles. The Morgan fingerprint density at radius 2 is 2.00 bits per heavy atom. The van der Waals surface area contributed by atoms with Gasteiger partial charge in [-0.25, -0.2) is 0 Å². The Morgan fingerprint density at radius 1 is 1.33 bits per heavy atom. The van der Waals surface area contributed by atoms with Crippen LogP contribution >= 0.6 is 0 Å². The van der Waals surface area contributed by atoms with Gasteiger partial charge in [-0.05, 0) is 30.2 Å². The van der Waals surface area contributed by atoms with Crippen molar-refractivity contribution in [1.82, 2.24) is 14.8 Å². The highest BCUT2D eigenvalue weighted by atomic mass is 16.1. The summed E-state index contributed by atoms with van der Waals surface area (Å²) in [6.45, 7) is 4.02. The molecule has 1 unspecified atom stereocenters. The summed E-state index contributed by atoms with van der Waals surface area (Å²) < 4.78 is 1.84. The van der Waals surface area contributed by atoms with Gasteiger partial charge in [-0.15, -0.1) is 10.2 Å². The van der Waals surface area contributed by atoms with Gasteiger partial charge in [0.25, 0.3) is 0 Å². The Balaban J connectivity index is 2.00. The molecule has 0 radical (unpaired) electrons. The molecule has 3 N–H and O–H groups in total. The number of aryl methyl sites for hydroxylation is 1. The minimum absolute atomic E-state index is 0.0670. The lowest BCUT2D eigenvalue weighted by atomic mass is 10.0. The van der Waals surface area contributed by atoms with Crippen LogP contribution < -0.4 is 11.1 Å². The largest absolute Gasteiger partial charge is 0.327 e. The van der Waals surface area contributed by atoms with E-state index in [1.54, 1.807) is 6.33 Å². The number of hydrogen-bond acceptors (Lipinski definition) is 4. The monoisotopic (exact) mass is 287 g/mol. The van der Waals surface area contributed by atoms with Crippen LogP contribution in [0, 0.1) is 5.92 Å². The van der Waals surface area contributed by atoms with Crippen LogP contribution in [0.2, 0.25) is 0 Å². The van der Waals surface area contributed by atoms with E-state index in [1.165, 1.54) is 0 Å². The average Bonchev–Trinajstić information content (AvgIpc) is 2.85. The standard InChI is InChI=1S/C15H21N5O/c1-10(2)13(16)8-14(21)18-12-6-4-11(5-7-12)15-19-17-9-20(15)3/h4-7,9-10,13H,8,16H2,1-3H3,(H,18,21). The first kappa shape index (κ1) is 15.2. The summed E-state index contributed by atoms with van der Waals surface area (Å²) in [5, 5.41) is 10.7. The molecule has 0 aliphatic heterocycles. The van der Waals surface area contributed by atoms with Crippen molar-refractivity contribution in [2.45, 2.75) is 26.3 Å². The molecule has 2 aromatic rings. The maximum absolute atomic E-state index is 11.9. The van der Waals surface area contributed by atoms with Gasteiger partial charge < -0.3 is 15.6 Å². The number of nitrogens with one attached hydrogen (secondary N) is 1. The molecule has 1 atom stereocenters. The zero-order chi connectivity index (χ0) is 15.4. The van der Waals surface area contributed by atoms with E-state index in [0.29, 0.717) is 6.42 Å². The molecular weight excluding hydrogens is 266 g/mol. The van der Waals surface area contributed by atoms with Crippen molar-refractivity contribution in [1.29, 1.82) is 0 Å². The summed E-state index contributed by atoms with van der Waals surface area (Å²) in [6.07, 6.45) is 1.97. The van der Waals surface area contributed by atoms with E-state index in [1.807, 2.05) is 49.7 Å². The number of nitrogens with two attached hydrogens (primary N) is 1. The second-order valence-electron chi connectivity index (χ2n) is 5.50. The third-order valence-electron chi connectivity index (χ3n) is 3.42. The van der Waals surface area contributed by atoms with Crippen molar-refractivity contribution in [2.75, 3.05) is 5.32 Å². The summed E-state index contributed by atoms with van der Waals surface area (Å²) in [6, 6.07) is 7.39. The number of carbonyl (C=O) groups excluding carboxylic acids is 1. The number of benzene rings is 1. The summed E-state index contributed by atoms with van der Waals surface area (Å²) in [4.78, 5) is 11.9. The highest BCUT2D eigenvalue weighted by Gasteiger charge is 2.13. The molecule has 6 heteroatoms. The van der Waals surface area contributed by atoms with Crippen molar-refractivity contribution in [3.8, 4) is 11.4 Å². The minimum Gasteiger partial charge on any atom is -0.327 e. The minimum atomic E-state index is -0.122. The Hall–Kier alpha value is -2.21. The summed E-state index contributed by atoms with van der Waals surface area (Å²) in [5.41, 5.74) is 7.60. The zero-order valence-electron chi connectivity index (χ0n) is 12.6. The first-order chi connectivity index (χ1) is 9.97. The van der Waals surface area contributed by atoms with Crippen LogP contribution in [0.3, 0.4) is 0 Å². The molecule has 0 fully saturated rings. The Bertz CT molecular complexity index is 603. The second-order valence-corrected chi connectivity index (χ2v) is 5.50. The Kier molecular flexibility index (Phi) is 4.70. The molecule has 0 aliphatic carbocycles. The molecule has 1 aromatic heterocycles. The van der Waals surface area contributed by atoms with E-state index >= 15 is 0 Å². The molecule has 1 amide bonds. The van der Waals surface area contributed by atoms with Crippen molar-refractivity contribution in [3.05, 3.63) is 30.6 Å². The molecule has 1 aromatic carbocycles. The van der Waals surface area contributed by atoms with E-state index in [9.17, 15) is 4.79 Å². The number of aromatic nitrogens is 3. The average molecular weight is 287 g/mol. The molecule has 2 rings (SSSR count). The number of hydrogen-bond donors (Lipinski definition) is 2. The van der Waals surface area contributed by atoms with Gasteiger partial charge in [-0.2, -0.15) is 0 Å². The van der Waals surface area contributed by atoms with Crippen molar-refractivity contribution in [2.24, 2.45) is 18.7 Å². The Morgan fingerprint density at radius 3 is 2.52 bits per heavy atom. The van der Waals surface area contributed by atoms with Crippen LogP contribution in [0.4, 0.5) is 5.69 Å². The predicted molar refractivity (Wildman–Crippen MR) is 82.5 cm³/mol. The van der Waals surface area contributed by atoms with Crippen LogP contribution in [-0.4, -0.2) is 26.7 Å². The predicted octanol–water partition coefficient (Wildman–Crippen LogP) is 1.79. The van der Waals surface area contributed by atoms with Gasteiger partial charge in [0.15, 0.2) is 5.82 Å². The maximum Gasteiger partial charge on any atom is 0.225 e. The third kappa shape index (κ3) is 3.88. The first-order valence-electron chi connectivity index (χ1n) is 6.97. The lowest BCUT2D eigenvalue weighted by molar-refractivity contribution is -0.116. The molecular formula is C15H21N5O. The Labute approximate surface area is 124 Å². The molecule has 0 bridgehead atoms. The zero-order valence-corrected chi connectivity index (χ0v) is 12.6. The van der Waals surface area contributed by atoms with Crippen LogP contribution in [0.1, 0.15) is 20.3 Å². The van der Waals surface area contributed by atoms with Gasteiger partial charge in [0, 0.05) is 30.8 Å². The molecule has 0 spiro atoms. The lowest BCUT2D eigenvalue weighted by Gasteiger charge is -2.15. The smallest absolute Gasteiger partial charge is 0.225 e. The number of nitrogens with zero attached hydrogens (tertiary/aromatic N) is 3. The van der Waals surface area contributed by atoms with Gasteiger partial charge in [0.1, 0.15) is 6.33 Å². The van der Waals surface area contributed by atoms with Gasteiger partial charge in [0.2, 0.25) is 5.91 Å². The molecule has 6 nitrogen and oxygen atoms in total. The van der Waals surface area contributed by atoms with E-state index in [-0.39, 0.29) is 17.9 Å². The normalized spacial score (nSPS) is 12.4. The van der Waals surface area contributed by atoms with Crippen molar-refractivity contribution in [3.63, 3.8) is 0 Å². The number of rotatable bonds is 5. The molecule has 0 saturated heterocycles. The first-order valence-corrected chi connectivity index (χ1v) is 6.97. The summed E-state index contributed by atoms with van der Waals surface area (Å²) in [7, 11) is 1.89. The van der Waals surface area contributed by atoms with Crippen molar-refractivity contribution >= 4 is 11.6 Å². The van der Waals surface area contributed by atoms with Crippen LogP contribution in [0.5, 0.6) is 0 Å². The fourth-order valence-corrected chi connectivity index (χ4v) is 1.91. The van der Waals surface area contributed by atoms with E-state index in [4.69, 9.17) is 5.73 Å². The lowest BCUT2D eigenvalue weighted by Crippen LogP contribution is -2.31. The SMILES string of the molecule is CC(C)C(N)CC(=O)Nc1ccc(-c2nncn2C)cc1. The van der Waals surface area contributed by atoms with E-state index in [2.05, 4.69) is 15.5 Å². The fourth-order valence-electron chi connectivity index (χ4n) is 1.91. The molecule has 0 aliphatic rings. The number of carbonyl (C=O) groups is 1. The number of amides is 1. The fraction of sp³-hybridized carbons (Fsp3) is 0.400. The van der Waals surface area contributed by atoms with Crippen molar-refractivity contribution < 1.29 is 4.79 Å². The maximum atomic E-state index is 11.9. The summed E-state index contributed by atoms with van der Waals surface area (Å²) >= 11 is 0. The molecule has 112 valence electrons. The van der Waals surface area contributed by atoms with Gasteiger partial charge in [0.05, 0.1) is 0 Å².